The van der Waals surface area contributed by atoms with E-state index in [1.165, 1.54) is 0 Å². The van der Waals surface area contributed by atoms with Gasteiger partial charge in [0.25, 0.3) is 0 Å². The summed E-state index contributed by atoms with van der Waals surface area (Å²) in [6.45, 7) is 0. The molecule has 1 aromatic carbocycles. The van der Waals surface area contributed by atoms with Crippen LogP contribution in [0, 0.1) is 0 Å². The number of benzene rings is 1. The molecule has 21 heavy (non-hydrogen) atoms. The first-order chi connectivity index (χ1) is 10.2. The van der Waals surface area contributed by atoms with E-state index in [0.717, 1.165) is 5.69 Å². The van der Waals surface area contributed by atoms with E-state index in [9.17, 15) is 5.11 Å². The normalized spacial score (nSPS) is 12.1. The van der Waals surface area contributed by atoms with Crippen molar-refractivity contribution in [1.29, 1.82) is 0 Å². The predicted molar refractivity (Wildman–Crippen MR) is 81.6 cm³/mol. The van der Waals surface area contributed by atoms with E-state index in [4.69, 9.17) is 11.6 Å². The van der Waals surface area contributed by atoms with Crippen LogP contribution in [0.25, 0.3) is 0 Å². The van der Waals surface area contributed by atoms with Crippen molar-refractivity contribution in [3.63, 3.8) is 0 Å². The average Bonchev–Trinajstić information content (AvgIpc) is 3.03. The molecule has 0 saturated carbocycles. The van der Waals surface area contributed by atoms with Gasteiger partial charge >= 0.3 is 0 Å². The number of rotatable bonds is 4. The molecule has 0 spiro atoms. The molecule has 5 nitrogen and oxygen atoms in total. The van der Waals surface area contributed by atoms with Crippen molar-refractivity contribution < 1.29 is 5.11 Å². The lowest BCUT2D eigenvalue weighted by atomic mass is 10.1. The van der Waals surface area contributed by atoms with Crippen LogP contribution >= 0.6 is 11.6 Å². The van der Waals surface area contributed by atoms with E-state index in [1.54, 1.807) is 30.5 Å². The van der Waals surface area contributed by atoms with Crippen LogP contribution in [0.3, 0.4) is 0 Å². The highest BCUT2D eigenvalue weighted by molar-refractivity contribution is 6.30. The van der Waals surface area contributed by atoms with Crippen molar-refractivity contribution in [3.05, 3.63) is 71.1 Å². The summed E-state index contributed by atoms with van der Waals surface area (Å²) in [5.41, 5.74) is 2.02. The van der Waals surface area contributed by atoms with Crippen LogP contribution in [0.5, 0.6) is 0 Å². The Balaban J connectivity index is 1.81. The number of aliphatic hydroxyl groups is 1. The quantitative estimate of drug-likeness (QED) is 0.691. The Morgan fingerprint density at radius 3 is 2.62 bits per heavy atom. The number of pyridine rings is 1. The summed E-state index contributed by atoms with van der Waals surface area (Å²) >= 11 is 5.85. The molecule has 3 aromatic rings. The minimum atomic E-state index is -0.834. The minimum absolute atomic E-state index is 0.540. The maximum Gasteiger partial charge on any atom is 0.137 e. The van der Waals surface area contributed by atoms with Crippen molar-refractivity contribution in [2.75, 3.05) is 5.32 Å². The summed E-state index contributed by atoms with van der Waals surface area (Å²) in [5, 5.41) is 20.6. The van der Waals surface area contributed by atoms with Gasteiger partial charge in [-0.2, -0.15) is 5.10 Å². The molecule has 0 radical (unpaired) electrons. The third-order valence-corrected chi connectivity index (χ3v) is 3.24. The maximum absolute atomic E-state index is 10.2. The fourth-order valence-electron chi connectivity index (χ4n) is 1.93. The second-order valence-corrected chi connectivity index (χ2v) is 4.93. The number of hydrogen-bond donors (Lipinski definition) is 3. The molecule has 0 bridgehead atoms. The van der Waals surface area contributed by atoms with Crippen LogP contribution in [-0.4, -0.2) is 20.3 Å². The number of aromatic nitrogens is 3. The lowest BCUT2D eigenvalue weighted by molar-refractivity contribution is 0.210. The molecule has 6 heteroatoms. The average molecular weight is 301 g/mol. The molecule has 106 valence electrons. The fourth-order valence-corrected chi connectivity index (χ4v) is 2.06. The highest BCUT2D eigenvalue weighted by Crippen LogP contribution is 2.22. The summed E-state index contributed by atoms with van der Waals surface area (Å²) in [6.07, 6.45) is 0.758. The first-order valence-corrected chi connectivity index (χ1v) is 6.77. The van der Waals surface area contributed by atoms with Crippen LogP contribution < -0.4 is 5.32 Å². The maximum atomic E-state index is 10.2. The molecule has 0 aliphatic heterocycles. The molecular formula is C15H13ClN4O. The summed E-state index contributed by atoms with van der Waals surface area (Å²) in [4.78, 5) is 4.40. The zero-order valence-corrected chi connectivity index (χ0v) is 11.7. The van der Waals surface area contributed by atoms with Crippen LogP contribution in [-0.2, 0) is 0 Å². The van der Waals surface area contributed by atoms with Gasteiger partial charge in [0.05, 0.1) is 11.4 Å². The molecule has 3 rings (SSSR count). The number of anilines is 2. The third-order valence-electron chi connectivity index (χ3n) is 2.98. The number of nitrogens with one attached hydrogen (secondary N) is 2. The second-order valence-electron chi connectivity index (χ2n) is 4.49. The predicted octanol–water partition coefficient (Wildman–Crippen LogP) is 3.28. The van der Waals surface area contributed by atoms with Gasteiger partial charge in [-0.3, -0.25) is 5.10 Å². The number of nitrogens with zero attached hydrogens (tertiary/aromatic N) is 2. The Labute approximate surface area is 126 Å². The third kappa shape index (κ3) is 3.21. The summed E-state index contributed by atoms with van der Waals surface area (Å²) in [6, 6.07) is 14.5. The molecule has 0 aliphatic rings. The monoisotopic (exact) mass is 300 g/mol. The van der Waals surface area contributed by atoms with Gasteiger partial charge in [0, 0.05) is 16.9 Å². The first-order valence-electron chi connectivity index (χ1n) is 6.39. The number of aliphatic hydroxyl groups excluding tert-OH is 1. The summed E-state index contributed by atoms with van der Waals surface area (Å²) in [5.74, 6) is 0.647. The highest BCUT2D eigenvalue weighted by atomic mass is 35.5. The summed E-state index contributed by atoms with van der Waals surface area (Å²) in [7, 11) is 0. The SMILES string of the molecule is OC(c1cccc(Nc2ccc(Cl)cc2)n1)c1ccn[nH]1. The Hall–Kier alpha value is -2.37. The van der Waals surface area contributed by atoms with Crippen molar-refractivity contribution in [3.8, 4) is 0 Å². The van der Waals surface area contributed by atoms with E-state index >= 15 is 0 Å². The summed E-state index contributed by atoms with van der Waals surface area (Å²) < 4.78 is 0. The minimum Gasteiger partial charge on any atom is -0.380 e. The van der Waals surface area contributed by atoms with Gasteiger partial charge in [-0.25, -0.2) is 4.98 Å². The van der Waals surface area contributed by atoms with Gasteiger partial charge in [0.15, 0.2) is 0 Å². The molecule has 3 N–H and O–H groups in total. The number of H-pyrrole nitrogens is 1. The van der Waals surface area contributed by atoms with Crippen molar-refractivity contribution in [2.45, 2.75) is 6.10 Å². The van der Waals surface area contributed by atoms with Gasteiger partial charge in [0.1, 0.15) is 11.9 Å². The molecule has 1 atom stereocenters. The van der Waals surface area contributed by atoms with E-state index < -0.39 is 6.10 Å². The smallest absolute Gasteiger partial charge is 0.137 e. The molecule has 2 aromatic heterocycles. The molecule has 0 amide bonds. The Bertz CT molecular complexity index is 713. The Morgan fingerprint density at radius 1 is 1.10 bits per heavy atom. The first kappa shape index (κ1) is 13.6. The van der Waals surface area contributed by atoms with E-state index in [-0.39, 0.29) is 0 Å². The molecule has 0 aliphatic carbocycles. The van der Waals surface area contributed by atoms with Crippen molar-refractivity contribution >= 4 is 23.1 Å². The molecular weight excluding hydrogens is 288 g/mol. The zero-order chi connectivity index (χ0) is 14.7. The molecule has 0 saturated heterocycles. The van der Waals surface area contributed by atoms with Gasteiger partial charge < -0.3 is 10.4 Å². The van der Waals surface area contributed by atoms with Crippen LogP contribution in [0.15, 0.2) is 54.7 Å². The van der Waals surface area contributed by atoms with Gasteiger partial charge in [-0.1, -0.05) is 17.7 Å². The molecule has 2 heterocycles. The van der Waals surface area contributed by atoms with Crippen LogP contribution in [0.2, 0.25) is 5.02 Å². The second kappa shape index (κ2) is 5.95. The van der Waals surface area contributed by atoms with Gasteiger partial charge in [-0.15, -0.1) is 0 Å². The van der Waals surface area contributed by atoms with E-state index in [2.05, 4.69) is 20.5 Å². The van der Waals surface area contributed by atoms with Crippen molar-refractivity contribution in [1.82, 2.24) is 15.2 Å². The molecule has 1 unspecified atom stereocenters. The zero-order valence-electron chi connectivity index (χ0n) is 11.0. The Morgan fingerprint density at radius 2 is 1.90 bits per heavy atom. The largest absolute Gasteiger partial charge is 0.380 e. The van der Waals surface area contributed by atoms with E-state index in [1.807, 2.05) is 24.3 Å². The highest BCUT2D eigenvalue weighted by Gasteiger charge is 2.13. The van der Waals surface area contributed by atoms with Crippen LogP contribution in [0.4, 0.5) is 11.5 Å². The van der Waals surface area contributed by atoms with Crippen molar-refractivity contribution in [2.24, 2.45) is 0 Å². The lowest BCUT2D eigenvalue weighted by Gasteiger charge is -2.11. The van der Waals surface area contributed by atoms with Gasteiger partial charge in [0.2, 0.25) is 0 Å². The number of hydrogen-bond acceptors (Lipinski definition) is 4. The lowest BCUT2D eigenvalue weighted by Crippen LogP contribution is -2.04. The topological polar surface area (TPSA) is 73.8 Å². The fraction of sp³-hybridized carbons (Fsp3) is 0.0667. The molecule has 0 fully saturated rings. The number of aromatic amines is 1. The van der Waals surface area contributed by atoms with E-state index in [0.29, 0.717) is 22.2 Å². The van der Waals surface area contributed by atoms with Crippen LogP contribution in [0.1, 0.15) is 17.5 Å². The number of halogens is 1. The standard InChI is InChI=1S/C15H13ClN4O/c16-10-4-6-11(7-5-10)18-14-3-1-2-12(19-14)15(21)13-8-9-17-20-13/h1-9,15,21H,(H,17,20)(H,18,19). The van der Waals surface area contributed by atoms with Gasteiger partial charge in [-0.05, 0) is 42.5 Å². The Kier molecular flexibility index (Phi) is 3.85.